The third-order valence-electron chi connectivity index (χ3n) is 2.33. The first-order valence-electron chi connectivity index (χ1n) is 5.53. The van der Waals surface area contributed by atoms with Crippen LogP contribution in [0.3, 0.4) is 0 Å². The number of hydrogen-bond donors (Lipinski definition) is 2. The van der Waals surface area contributed by atoms with Crippen LogP contribution < -0.4 is 5.32 Å². The third-order valence-corrected chi connectivity index (χ3v) is 2.82. The number of nitrogens with one attached hydrogen (secondary N) is 1. The standard InChI is InChI=1S/C12H14BrFN2O3/c1-16(5-4-12(18)19)7-11(17)15-10-3-2-8(13)6-9(10)14/h2-3,6H,4-5,7H2,1H3,(H,15,17)(H,18,19). The van der Waals surface area contributed by atoms with Gasteiger partial charge in [-0.25, -0.2) is 4.39 Å². The van der Waals surface area contributed by atoms with Crippen molar-refractivity contribution in [1.82, 2.24) is 4.90 Å². The molecule has 0 heterocycles. The Morgan fingerprint density at radius 2 is 2.16 bits per heavy atom. The molecule has 0 radical (unpaired) electrons. The Bertz CT molecular complexity index is 482. The van der Waals surface area contributed by atoms with Gasteiger partial charge in [-0.1, -0.05) is 15.9 Å². The van der Waals surface area contributed by atoms with E-state index in [0.717, 1.165) is 0 Å². The number of aliphatic carboxylic acids is 1. The molecule has 0 aromatic heterocycles. The average Bonchev–Trinajstić information content (AvgIpc) is 2.30. The lowest BCUT2D eigenvalue weighted by molar-refractivity contribution is -0.137. The number of nitrogens with zero attached hydrogens (tertiary/aromatic N) is 1. The van der Waals surface area contributed by atoms with Crippen molar-refractivity contribution >= 4 is 33.5 Å². The second-order valence-corrected chi connectivity index (χ2v) is 4.97. The van der Waals surface area contributed by atoms with E-state index in [0.29, 0.717) is 4.47 Å². The summed E-state index contributed by atoms with van der Waals surface area (Å²) in [6.45, 7) is 0.258. The minimum absolute atomic E-state index is 0.00276. The highest BCUT2D eigenvalue weighted by molar-refractivity contribution is 9.10. The van der Waals surface area contributed by atoms with Crippen LogP contribution in [0.2, 0.25) is 0 Å². The number of carbonyl (C=O) groups excluding carboxylic acids is 1. The second kappa shape index (κ2) is 7.20. The van der Waals surface area contributed by atoms with E-state index in [1.807, 2.05) is 0 Å². The predicted molar refractivity (Wildman–Crippen MR) is 72.5 cm³/mol. The van der Waals surface area contributed by atoms with Crippen LogP contribution in [0.25, 0.3) is 0 Å². The van der Waals surface area contributed by atoms with Crippen molar-refractivity contribution in [1.29, 1.82) is 0 Å². The van der Waals surface area contributed by atoms with Gasteiger partial charge in [0.15, 0.2) is 0 Å². The van der Waals surface area contributed by atoms with E-state index in [-0.39, 0.29) is 25.2 Å². The lowest BCUT2D eigenvalue weighted by atomic mass is 10.3. The summed E-state index contributed by atoms with van der Waals surface area (Å²) in [6.07, 6.45) is -0.0452. The Hall–Kier alpha value is -1.47. The smallest absolute Gasteiger partial charge is 0.304 e. The highest BCUT2D eigenvalue weighted by Crippen LogP contribution is 2.19. The van der Waals surface area contributed by atoms with Crippen LogP contribution in [0.15, 0.2) is 22.7 Å². The number of carboxylic acid groups (broad SMARTS) is 1. The highest BCUT2D eigenvalue weighted by atomic mass is 79.9. The molecule has 0 bridgehead atoms. The minimum Gasteiger partial charge on any atom is -0.481 e. The molecule has 19 heavy (non-hydrogen) atoms. The quantitative estimate of drug-likeness (QED) is 0.835. The van der Waals surface area contributed by atoms with E-state index in [1.54, 1.807) is 18.0 Å². The first kappa shape index (κ1) is 15.6. The van der Waals surface area contributed by atoms with Gasteiger partial charge in [0.25, 0.3) is 0 Å². The first-order valence-corrected chi connectivity index (χ1v) is 6.33. The Balaban J connectivity index is 2.48. The minimum atomic E-state index is -0.925. The van der Waals surface area contributed by atoms with Crippen LogP contribution >= 0.6 is 15.9 Å². The molecule has 0 fully saturated rings. The van der Waals surface area contributed by atoms with Crippen molar-refractivity contribution in [3.05, 3.63) is 28.5 Å². The summed E-state index contributed by atoms with van der Waals surface area (Å²) in [5.41, 5.74) is 0.0971. The van der Waals surface area contributed by atoms with Gasteiger partial charge in [-0.2, -0.15) is 0 Å². The molecule has 0 aliphatic rings. The SMILES string of the molecule is CN(CCC(=O)O)CC(=O)Nc1ccc(Br)cc1F. The zero-order valence-electron chi connectivity index (χ0n) is 10.3. The fraction of sp³-hybridized carbons (Fsp3) is 0.333. The summed E-state index contributed by atoms with van der Waals surface area (Å²) in [5.74, 6) is -1.85. The summed E-state index contributed by atoms with van der Waals surface area (Å²) in [7, 11) is 1.63. The maximum Gasteiger partial charge on any atom is 0.304 e. The summed E-state index contributed by atoms with van der Waals surface area (Å²) in [4.78, 5) is 23.6. The average molecular weight is 333 g/mol. The molecule has 0 aliphatic carbocycles. The van der Waals surface area contributed by atoms with E-state index >= 15 is 0 Å². The van der Waals surface area contributed by atoms with Gasteiger partial charge >= 0.3 is 5.97 Å². The lowest BCUT2D eigenvalue weighted by Crippen LogP contribution is -2.31. The molecular formula is C12H14BrFN2O3. The lowest BCUT2D eigenvalue weighted by Gasteiger charge is -2.15. The normalized spacial score (nSPS) is 10.5. The number of carbonyl (C=O) groups is 2. The number of amides is 1. The van der Waals surface area contributed by atoms with E-state index < -0.39 is 17.7 Å². The van der Waals surface area contributed by atoms with Gasteiger partial charge in [0.2, 0.25) is 5.91 Å². The van der Waals surface area contributed by atoms with Gasteiger partial charge in [0.1, 0.15) is 5.82 Å². The van der Waals surface area contributed by atoms with Gasteiger partial charge in [0.05, 0.1) is 18.7 Å². The number of hydrogen-bond acceptors (Lipinski definition) is 3. The Kier molecular flexibility index (Phi) is 5.91. The molecule has 0 unspecified atom stereocenters. The van der Waals surface area contributed by atoms with E-state index in [2.05, 4.69) is 21.2 Å². The zero-order valence-corrected chi connectivity index (χ0v) is 11.9. The molecule has 1 amide bonds. The van der Waals surface area contributed by atoms with Crippen molar-refractivity contribution in [2.75, 3.05) is 25.5 Å². The number of likely N-dealkylation sites (N-methyl/N-ethyl adjacent to an activating group) is 1. The molecular weight excluding hydrogens is 319 g/mol. The Labute approximate surface area is 118 Å². The fourth-order valence-electron chi connectivity index (χ4n) is 1.39. The molecule has 1 aromatic rings. The number of carboxylic acids is 1. The fourth-order valence-corrected chi connectivity index (χ4v) is 1.72. The number of anilines is 1. The zero-order chi connectivity index (χ0) is 14.4. The van der Waals surface area contributed by atoms with Crippen LogP contribution in [-0.2, 0) is 9.59 Å². The molecule has 0 aliphatic heterocycles. The second-order valence-electron chi connectivity index (χ2n) is 4.05. The molecule has 5 nitrogen and oxygen atoms in total. The third kappa shape index (κ3) is 5.80. The van der Waals surface area contributed by atoms with Gasteiger partial charge in [0, 0.05) is 11.0 Å². The van der Waals surface area contributed by atoms with E-state index in [4.69, 9.17) is 5.11 Å². The van der Waals surface area contributed by atoms with Gasteiger partial charge in [-0.05, 0) is 25.2 Å². The molecule has 1 rings (SSSR count). The van der Waals surface area contributed by atoms with Crippen molar-refractivity contribution in [2.24, 2.45) is 0 Å². The molecule has 104 valence electrons. The topological polar surface area (TPSA) is 69.6 Å². The maximum atomic E-state index is 13.5. The molecule has 1 aromatic carbocycles. The Morgan fingerprint density at radius 1 is 1.47 bits per heavy atom. The van der Waals surface area contributed by atoms with Crippen LogP contribution in [0.5, 0.6) is 0 Å². The van der Waals surface area contributed by atoms with Crippen molar-refractivity contribution in [3.63, 3.8) is 0 Å². The molecule has 0 atom stereocenters. The van der Waals surface area contributed by atoms with Gasteiger partial charge < -0.3 is 10.4 Å². The van der Waals surface area contributed by atoms with Crippen molar-refractivity contribution in [3.8, 4) is 0 Å². The van der Waals surface area contributed by atoms with Crippen LogP contribution in [-0.4, -0.2) is 42.0 Å². The summed E-state index contributed by atoms with van der Waals surface area (Å²) < 4.78 is 14.1. The summed E-state index contributed by atoms with van der Waals surface area (Å²) >= 11 is 3.12. The number of benzene rings is 1. The first-order chi connectivity index (χ1) is 8.88. The van der Waals surface area contributed by atoms with Gasteiger partial charge in [-0.3, -0.25) is 14.5 Å². The molecule has 0 saturated heterocycles. The summed E-state index contributed by atoms with van der Waals surface area (Å²) in [5, 5.41) is 10.9. The largest absolute Gasteiger partial charge is 0.481 e. The van der Waals surface area contributed by atoms with Crippen molar-refractivity contribution in [2.45, 2.75) is 6.42 Å². The monoisotopic (exact) mass is 332 g/mol. The van der Waals surface area contributed by atoms with E-state index in [9.17, 15) is 14.0 Å². The van der Waals surface area contributed by atoms with Gasteiger partial charge in [-0.15, -0.1) is 0 Å². The Morgan fingerprint density at radius 3 is 2.74 bits per heavy atom. The van der Waals surface area contributed by atoms with E-state index in [1.165, 1.54) is 12.1 Å². The predicted octanol–water partition coefficient (Wildman–Crippen LogP) is 1.93. The van der Waals surface area contributed by atoms with Crippen LogP contribution in [0.4, 0.5) is 10.1 Å². The molecule has 0 spiro atoms. The molecule has 2 N–H and O–H groups in total. The van der Waals surface area contributed by atoms with Crippen molar-refractivity contribution < 1.29 is 19.1 Å². The molecule has 0 saturated carbocycles. The number of halogens is 2. The maximum absolute atomic E-state index is 13.5. The molecule has 7 heteroatoms. The summed E-state index contributed by atoms with van der Waals surface area (Å²) in [6, 6.07) is 4.32. The van der Waals surface area contributed by atoms with Crippen LogP contribution in [0.1, 0.15) is 6.42 Å². The van der Waals surface area contributed by atoms with Crippen LogP contribution in [0, 0.1) is 5.82 Å². The number of rotatable bonds is 6. The highest BCUT2D eigenvalue weighted by Gasteiger charge is 2.10.